The summed E-state index contributed by atoms with van der Waals surface area (Å²) in [5.74, 6) is 0.151. The lowest BCUT2D eigenvalue weighted by Gasteiger charge is -2.22. The Morgan fingerprint density at radius 3 is 2.71 bits per heavy atom. The monoisotopic (exact) mass is 550 g/mol. The number of rotatable bonds is 12. The number of amides is 1. The number of unbranched alkanes of at least 4 members (excludes halogenated alkanes) is 4. The summed E-state index contributed by atoms with van der Waals surface area (Å²) in [6.07, 6.45) is 13.3. The Morgan fingerprint density at radius 2 is 1.79 bits per heavy atom. The van der Waals surface area contributed by atoms with E-state index in [2.05, 4.69) is 33.8 Å². The van der Waals surface area contributed by atoms with Crippen LogP contribution in [0.25, 0.3) is 21.8 Å². The van der Waals surface area contributed by atoms with Crippen molar-refractivity contribution in [3.8, 4) is 0 Å². The molecule has 0 atom stereocenters. The van der Waals surface area contributed by atoms with E-state index in [1.54, 1.807) is 0 Å². The fourth-order valence-corrected chi connectivity index (χ4v) is 6.16. The molecule has 0 bridgehead atoms. The highest BCUT2D eigenvalue weighted by molar-refractivity contribution is 6.39. The van der Waals surface area contributed by atoms with Gasteiger partial charge in [0.2, 0.25) is 5.91 Å². The number of aromatic amines is 1. The summed E-state index contributed by atoms with van der Waals surface area (Å²) in [5.41, 5.74) is 6.93. The lowest BCUT2D eigenvalue weighted by Crippen LogP contribution is -2.25. The minimum absolute atomic E-state index is 0.151. The van der Waals surface area contributed by atoms with Crippen molar-refractivity contribution in [3.05, 3.63) is 69.5 Å². The van der Waals surface area contributed by atoms with E-state index in [1.807, 2.05) is 24.4 Å². The van der Waals surface area contributed by atoms with Crippen molar-refractivity contribution in [1.29, 1.82) is 0 Å². The Kier molecular flexibility index (Phi) is 9.08. The highest BCUT2D eigenvalue weighted by Crippen LogP contribution is 2.38. The lowest BCUT2D eigenvalue weighted by molar-refractivity contribution is -0.121. The summed E-state index contributed by atoms with van der Waals surface area (Å²) in [7, 11) is 0. The molecule has 0 radical (unpaired) electrons. The molecular weight excluding hydrogens is 515 g/mol. The Bertz CT molecular complexity index is 1410. The van der Waals surface area contributed by atoms with Gasteiger partial charge < -0.3 is 15.6 Å². The van der Waals surface area contributed by atoms with Crippen molar-refractivity contribution in [1.82, 2.24) is 15.3 Å². The van der Waals surface area contributed by atoms with Crippen LogP contribution in [0.3, 0.4) is 0 Å². The van der Waals surface area contributed by atoms with Crippen LogP contribution in [0, 0.1) is 0 Å². The number of hydrogen-bond acceptors (Lipinski definition) is 3. The number of nitrogens with zero attached hydrogens (tertiary/aromatic N) is 1. The minimum atomic E-state index is 0.151. The number of aryl methyl sites for hydroxylation is 1. The molecule has 0 saturated carbocycles. The number of halogens is 2. The van der Waals surface area contributed by atoms with Crippen LogP contribution < -0.4 is 10.6 Å². The van der Waals surface area contributed by atoms with E-state index in [-0.39, 0.29) is 5.91 Å². The number of benzene rings is 2. The summed E-state index contributed by atoms with van der Waals surface area (Å²) in [5, 5.41) is 10.3. The van der Waals surface area contributed by atoms with Gasteiger partial charge in [-0.3, -0.25) is 9.78 Å². The van der Waals surface area contributed by atoms with Gasteiger partial charge in [0.25, 0.3) is 0 Å². The molecule has 2 aromatic carbocycles. The van der Waals surface area contributed by atoms with Crippen LogP contribution >= 0.6 is 23.2 Å². The van der Waals surface area contributed by atoms with Crippen molar-refractivity contribution in [2.75, 3.05) is 18.4 Å². The second-order valence-electron chi connectivity index (χ2n) is 10.3. The zero-order valence-electron chi connectivity index (χ0n) is 21.8. The molecule has 0 spiro atoms. The third kappa shape index (κ3) is 6.44. The molecule has 0 unspecified atom stereocenters. The third-order valence-electron chi connectivity index (χ3n) is 7.55. The molecule has 1 amide bonds. The minimum Gasteiger partial charge on any atom is -0.384 e. The number of hydrogen-bond donors (Lipinski definition) is 3. The standard InChI is InChI=1S/C31H36Cl2N4O/c32-22-18-25(33)30-28(19-22)37-27-13-8-6-11-24(27)31(30)35-16-9-3-1-2-4-14-29(38)34-17-15-21-20-36-26-12-7-5-10-23(21)26/h5,7,10,12,18-20,36H,1-4,6,8-9,11,13-17H2,(H,34,38)(H,35,37). The number of pyridine rings is 1. The second kappa shape index (κ2) is 12.9. The van der Waals surface area contributed by atoms with Crippen molar-refractivity contribution >= 4 is 56.6 Å². The van der Waals surface area contributed by atoms with E-state index in [0.717, 1.165) is 80.0 Å². The van der Waals surface area contributed by atoms with E-state index in [9.17, 15) is 4.79 Å². The molecule has 38 heavy (non-hydrogen) atoms. The predicted molar refractivity (Wildman–Crippen MR) is 160 cm³/mol. The average Bonchev–Trinajstić information content (AvgIpc) is 3.32. The summed E-state index contributed by atoms with van der Waals surface area (Å²) < 4.78 is 0. The van der Waals surface area contributed by atoms with Crippen LogP contribution in [0.15, 0.2) is 42.6 Å². The quantitative estimate of drug-likeness (QED) is 0.156. The highest BCUT2D eigenvalue weighted by atomic mass is 35.5. The van der Waals surface area contributed by atoms with Crippen LogP contribution in [-0.4, -0.2) is 29.0 Å². The van der Waals surface area contributed by atoms with Gasteiger partial charge in [-0.1, -0.05) is 60.7 Å². The van der Waals surface area contributed by atoms with E-state index in [0.29, 0.717) is 23.0 Å². The van der Waals surface area contributed by atoms with E-state index in [4.69, 9.17) is 28.2 Å². The molecule has 3 N–H and O–H groups in total. The number of anilines is 1. The number of carbonyl (C=O) groups excluding carboxylic acids is 1. The van der Waals surface area contributed by atoms with Crippen LogP contribution in [0.4, 0.5) is 5.69 Å². The van der Waals surface area contributed by atoms with E-state index >= 15 is 0 Å². The summed E-state index contributed by atoms with van der Waals surface area (Å²) in [6.45, 7) is 1.58. The Balaban J connectivity index is 1.01. The second-order valence-corrected chi connectivity index (χ2v) is 11.1. The van der Waals surface area contributed by atoms with Gasteiger partial charge >= 0.3 is 0 Å². The largest absolute Gasteiger partial charge is 0.384 e. The first-order valence-electron chi connectivity index (χ1n) is 14.0. The highest BCUT2D eigenvalue weighted by Gasteiger charge is 2.20. The fraction of sp³-hybridized carbons (Fsp3) is 0.419. The van der Waals surface area contributed by atoms with Gasteiger partial charge in [0.15, 0.2) is 0 Å². The van der Waals surface area contributed by atoms with E-state index in [1.165, 1.54) is 35.0 Å². The number of aromatic nitrogens is 2. The van der Waals surface area contributed by atoms with Gasteiger partial charge in [-0.05, 0) is 74.3 Å². The van der Waals surface area contributed by atoms with Crippen LogP contribution in [0.2, 0.25) is 10.0 Å². The Labute approximate surface area is 234 Å². The molecule has 7 heteroatoms. The molecule has 2 heterocycles. The molecule has 200 valence electrons. The van der Waals surface area contributed by atoms with Gasteiger partial charge in [-0.25, -0.2) is 0 Å². The van der Waals surface area contributed by atoms with Crippen molar-refractivity contribution in [2.24, 2.45) is 0 Å². The summed E-state index contributed by atoms with van der Waals surface area (Å²) in [4.78, 5) is 20.4. The maximum atomic E-state index is 12.2. The first-order valence-corrected chi connectivity index (χ1v) is 14.7. The molecule has 1 aliphatic carbocycles. The molecule has 0 saturated heterocycles. The number of para-hydroxylation sites is 1. The van der Waals surface area contributed by atoms with Crippen molar-refractivity contribution < 1.29 is 4.79 Å². The number of fused-ring (bicyclic) bond motifs is 3. The summed E-state index contributed by atoms with van der Waals surface area (Å²) in [6, 6.07) is 12.0. The lowest BCUT2D eigenvalue weighted by atomic mass is 9.92. The fourth-order valence-electron chi connectivity index (χ4n) is 5.59. The molecule has 2 aromatic heterocycles. The van der Waals surface area contributed by atoms with E-state index < -0.39 is 0 Å². The van der Waals surface area contributed by atoms with Gasteiger partial charge in [-0.2, -0.15) is 0 Å². The van der Waals surface area contributed by atoms with Crippen LogP contribution in [0.5, 0.6) is 0 Å². The van der Waals surface area contributed by atoms with Gasteiger partial charge in [0, 0.05) is 52.7 Å². The molecule has 4 aromatic rings. The average molecular weight is 552 g/mol. The Morgan fingerprint density at radius 1 is 0.974 bits per heavy atom. The molecule has 5 nitrogen and oxygen atoms in total. The van der Waals surface area contributed by atoms with Crippen molar-refractivity contribution in [2.45, 2.75) is 70.6 Å². The van der Waals surface area contributed by atoms with Crippen LogP contribution in [-0.2, 0) is 24.1 Å². The number of carbonyl (C=O) groups is 1. The first-order chi connectivity index (χ1) is 18.6. The molecule has 0 fully saturated rings. The maximum absolute atomic E-state index is 12.2. The smallest absolute Gasteiger partial charge is 0.220 e. The van der Waals surface area contributed by atoms with Gasteiger partial charge in [-0.15, -0.1) is 0 Å². The first kappa shape index (κ1) is 26.8. The molecule has 1 aliphatic rings. The molecule has 5 rings (SSSR count). The number of H-pyrrole nitrogens is 1. The van der Waals surface area contributed by atoms with Gasteiger partial charge in [0.05, 0.1) is 16.2 Å². The number of nitrogens with one attached hydrogen (secondary N) is 3. The third-order valence-corrected chi connectivity index (χ3v) is 8.07. The zero-order valence-corrected chi connectivity index (χ0v) is 23.4. The maximum Gasteiger partial charge on any atom is 0.220 e. The topological polar surface area (TPSA) is 69.8 Å². The van der Waals surface area contributed by atoms with Gasteiger partial charge in [0.1, 0.15) is 0 Å². The predicted octanol–water partition coefficient (Wildman–Crippen LogP) is 8.01. The summed E-state index contributed by atoms with van der Waals surface area (Å²) >= 11 is 12.9. The zero-order chi connectivity index (χ0) is 26.3. The molecular formula is C31H36Cl2N4O. The van der Waals surface area contributed by atoms with Crippen LogP contribution in [0.1, 0.15) is 68.2 Å². The molecule has 0 aliphatic heterocycles. The Hall–Kier alpha value is -2.76. The SMILES string of the molecule is O=C(CCCCCCCNc1c2c(nc3cc(Cl)cc(Cl)c13)CCCC2)NCCc1c[nH]c2ccccc12. The van der Waals surface area contributed by atoms with Crippen molar-refractivity contribution in [3.63, 3.8) is 0 Å². The normalized spacial score (nSPS) is 13.1.